The molecule has 6 nitrogen and oxygen atoms in total. The predicted octanol–water partition coefficient (Wildman–Crippen LogP) is 3.99. The van der Waals surface area contributed by atoms with Gasteiger partial charge in [0.25, 0.3) is 0 Å². The fourth-order valence-electron chi connectivity index (χ4n) is 3.62. The van der Waals surface area contributed by atoms with Gasteiger partial charge in [0, 0.05) is 19.5 Å². The van der Waals surface area contributed by atoms with Crippen LogP contribution in [0.1, 0.15) is 49.8 Å². The second-order valence-electron chi connectivity index (χ2n) is 8.02. The number of hydrogen-bond donors (Lipinski definition) is 1. The molecule has 0 aliphatic carbocycles. The van der Waals surface area contributed by atoms with E-state index in [4.69, 9.17) is 9.47 Å². The molecule has 0 fully saturated rings. The zero-order valence-electron chi connectivity index (χ0n) is 18.6. The Bertz CT molecular complexity index is 912. The summed E-state index contributed by atoms with van der Waals surface area (Å²) in [6.07, 6.45) is 2.83. The van der Waals surface area contributed by atoms with Gasteiger partial charge in [0.1, 0.15) is 6.04 Å². The minimum atomic E-state index is -0.540. The molecule has 2 amide bonds. The van der Waals surface area contributed by atoms with Gasteiger partial charge < -0.3 is 19.7 Å². The van der Waals surface area contributed by atoms with E-state index in [1.165, 1.54) is 0 Å². The lowest BCUT2D eigenvalue weighted by atomic mass is 10.1. The predicted molar refractivity (Wildman–Crippen MR) is 120 cm³/mol. The Morgan fingerprint density at radius 2 is 1.90 bits per heavy atom. The molecular weight excluding hydrogens is 392 g/mol. The number of amides is 2. The van der Waals surface area contributed by atoms with Gasteiger partial charge in [0.2, 0.25) is 18.6 Å². The highest BCUT2D eigenvalue weighted by atomic mass is 16.7. The van der Waals surface area contributed by atoms with Crippen molar-refractivity contribution in [3.05, 3.63) is 59.2 Å². The maximum atomic E-state index is 13.2. The zero-order valence-corrected chi connectivity index (χ0v) is 18.6. The smallest absolute Gasteiger partial charge is 0.242 e. The molecule has 0 radical (unpaired) electrons. The first-order chi connectivity index (χ1) is 15.0. The van der Waals surface area contributed by atoms with Crippen LogP contribution in [0.2, 0.25) is 0 Å². The van der Waals surface area contributed by atoms with Gasteiger partial charge in [0.15, 0.2) is 11.5 Å². The van der Waals surface area contributed by atoms with E-state index in [0.717, 1.165) is 35.3 Å². The van der Waals surface area contributed by atoms with Gasteiger partial charge in [-0.15, -0.1) is 0 Å². The summed E-state index contributed by atoms with van der Waals surface area (Å²) < 4.78 is 10.8. The zero-order chi connectivity index (χ0) is 22.2. The van der Waals surface area contributed by atoms with E-state index in [2.05, 4.69) is 18.3 Å². The summed E-state index contributed by atoms with van der Waals surface area (Å²) in [5, 5.41) is 2.95. The van der Waals surface area contributed by atoms with Crippen LogP contribution in [0.15, 0.2) is 42.5 Å². The van der Waals surface area contributed by atoms with Crippen molar-refractivity contribution < 1.29 is 19.1 Å². The number of carbonyl (C=O) groups excluding carboxylic acids is 2. The van der Waals surface area contributed by atoms with Gasteiger partial charge in [0.05, 0.1) is 0 Å². The highest BCUT2D eigenvalue weighted by molar-refractivity contribution is 5.87. The number of carbonyl (C=O) groups is 2. The number of hydrogen-bond acceptors (Lipinski definition) is 4. The Balaban J connectivity index is 1.69. The van der Waals surface area contributed by atoms with Crippen LogP contribution in [0, 0.1) is 6.92 Å². The number of nitrogens with zero attached hydrogens (tertiary/aromatic N) is 1. The Hall–Kier alpha value is -3.02. The average Bonchev–Trinajstić information content (AvgIpc) is 3.23. The third kappa shape index (κ3) is 6.23. The van der Waals surface area contributed by atoms with Gasteiger partial charge in [-0.05, 0) is 49.9 Å². The minimum Gasteiger partial charge on any atom is -0.454 e. The largest absolute Gasteiger partial charge is 0.454 e. The minimum absolute atomic E-state index is 0.0442. The molecule has 1 aliphatic heterocycles. The maximum Gasteiger partial charge on any atom is 0.242 e. The molecule has 1 aliphatic rings. The number of unbranched alkanes of at least 4 members (excludes halogenated alkanes) is 1. The Morgan fingerprint density at radius 1 is 1.10 bits per heavy atom. The number of benzene rings is 2. The van der Waals surface area contributed by atoms with Gasteiger partial charge in [-0.25, -0.2) is 0 Å². The summed E-state index contributed by atoms with van der Waals surface area (Å²) in [6, 6.07) is 13.3. The summed E-state index contributed by atoms with van der Waals surface area (Å²) in [7, 11) is 0. The van der Waals surface area contributed by atoms with Crippen LogP contribution in [0.5, 0.6) is 11.5 Å². The van der Waals surface area contributed by atoms with Crippen LogP contribution >= 0.6 is 0 Å². The monoisotopic (exact) mass is 424 g/mol. The number of ether oxygens (including phenoxy) is 2. The lowest BCUT2D eigenvalue weighted by Crippen LogP contribution is -2.47. The van der Waals surface area contributed by atoms with E-state index >= 15 is 0 Å². The molecular formula is C25H32N2O4. The van der Waals surface area contributed by atoms with Crippen molar-refractivity contribution in [2.75, 3.05) is 13.3 Å². The van der Waals surface area contributed by atoms with Gasteiger partial charge in [-0.3, -0.25) is 9.59 Å². The second-order valence-corrected chi connectivity index (χ2v) is 8.02. The average molecular weight is 425 g/mol. The Morgan fingerprint density at radius 3 is 2.68 bits per heavy atom. The van der Waals surface area contributed by atoms with E-state index in [-0.39, 0.29) is 18.6 Å². The molecule has 6 heteroatoms. The molecule has 0 saturated carbocycles. The molecule has 3 rings (SSSR count). The molecule has 0 bridgehead atoms. The summed E-state index contributed by atoms with van der Waals surface area (Å²) in [4.78, 5) is 27.6. The van der Waals surface area contributed by atoms with E-state index in [1.54, 1.807) is 11.8 Å². The SMILES string of the molecule is CCCCNC(=O)C(C)N(Cc1cccc(C)c1)C(=O)CCc1ccc2c(c1)OCO2. The van der Waals surface area contributed by atoms with Crippen LogP contribution in [-0.2, 0) is 22.6 Å². The van der Waals surface area contributed by atoms with Crippen molar-refractivity contribution in [1.29, 1.82) is 0 Å². The quantitative estimate of drug-likeness (QED) is 0.586. The number of rotatable bonds is 10. The number of aryl methyl sites for hydroxylation is 2. The normalized spacial score (nSPS) is 13.0. The third-order valence-corrected chi connectivity index (χ3v) is 5.50. The standard InChI is InChI=1S/C25H32N2O4/c1-4-5-13-26-25(29)19(3)27(16-21-8-6-7-18(2)14-21)24(28)12-10-20-9-11-22-23(15-20)31-17-30-22/h6-9,11,14-15,19H,4-5,10,12-13,16-17H2,1-3H3,(H,26,29). The Kier molecular flexibility index (Phi) is 7.93. The van der Waals surface area contributed by atoms with Crippen molar-refractivity contribution in [3.63, 3.8) is 0 Å². The van der Waals surface area contributed by atoms with E-state index in [0.29, 0.717) is 31.7 Å². The lowest BCUT2D eigenvalue weighted by molar-refractivity contribution is -0.140. The molecule has 1 heterocycles. The third-order valence-electron chi connectivity index (χ3n) is 5.50. The second kappa shape index (κ2) is 10.8. The molecule has 31 heavy (non-hydrogen) atoms. The molecule has 1 N–H and O–H groups in total. The van der Waals surface area contributed by atoms with Crippen LogP contribution < -0.4 is 14.8 Å². The summed E-state index contributed by atoms with van der Waals surface area (Å²) in [5.74, 6) is 1.29. The van der Waals surface area contributed by atoms with Crippen molar-refractivity contribution in [2.24, 2.45) is 0 Å². The first-order valence-corrected chi connectivity index (χ1v) is 11.0. The Labute approximate surface area is 184 Å². The van der Waals surface area contributed by atoms with Crippen molar-refractivity contribution >= 4 is 11.8 Å². The number of fused-ring (bicyclic) bond motifs is 1. The molecule has 0 spiro atoms. The van der Waals surface area contributed by atoms with Crippen LogP contribution in [0.25, 0.3) is 0 Å². The van der Waals surface area contributed by atoms with Crippen molar-refractivity contribution in [2.45, 2.75) is 59.0 Å². The van der Waals surface area contributed by atoms with Crippen molar-refractivity contribution in [1.82, 2.24) is 10.2 Å². The van der Waals surface area contributed by atoms with Crippen LogP contribution in [-0.4, -0.2) is 36.1 Å². The number of nitrogens with one attached hydrogen (secondary N) is 1. The summed E-state index contributed by atoms with van der Waals surface area (Å²) >= 11 is 0. The lowest BCUT2D eigenvalue weighted by Gasteiger charge is -2.29. The van der Waals surface area contributed by atoms with Gasteiger partial charge in [-0.1, -0.05) is 49.2 Å². The molecule has 2 aromatic carbocycles. The van der Waals surface area contributed by atoms with Gasteiger partial charge in [-0.2, -0.15) is 0 Å². The van der Waals surface area contributed by atoms with Crippen LogP contribution in [0.3, 0.4) is 0 Å². The fraction of sp³-hybridized carbons (Fsp3) is 0.440. The molecule has 1 atom stereocenters. The van der Waals surface area contributed by atoms with Crippen molar-refractivity contribution in [3.8, 4) is 11.5 Å². The highest BCUT2D eigenvalue weighted by Crippen LogP contribution is 2.32. The van der Waals surface area contributed by atoms with Crippen LogP contribution in [0.4, 0.5) is 0 Å². The molecule has 1 unspecified atom stereocenters. The summed E-state index contributed by atoms with van der Waals surface area (Å²) in [6.45, 7) is 7.17. The highest BCUT2D eigenvalue weighted by Gasteiger charge is 2.26. The fourth-order valence-corrected chi connectivity index (χ4v) is 3.62. The topological polar surface area (TPSA) is 67.9 Å². The first kappa shape index (κ1) is 22.7. The summed E-state index contributed by atoms with van der Waals surface area (Å²) in [5.41, 5.74) is 3.16. The van der Waals surface area contributed by atoms with E-state index < -0.39 is 6.04 Å². The van der Waals surface area contributed by atoms with E-state index in [1.807, 2.05) is 43.3 Å². The first-order valence-electron chi connectivity index (χ1n) is 11.0. The van der Waals surface area contributed by atoms with Gasteiger partial charge >= 0.3 is 0 Å². The molecule has 0 aromatic heterocycles. The molecule has 2 aromatic rings. The molecule has 166 valence electrons. The maximum absolute atomic E-state index is 13.2. The van der Waals surface area contributed by atoms with E-state index in [9.17, 15) is 9.59 Å². The molecule has 0 saturated heterocycles.